The topological polar surface area (TPSA) is 104 Å². The smallest absolute Gasteiger partial charge is 0.406 e. The van der Waals surface area contributed by atoms with Crippen molar-refractivity contribution < 1.29 is 32.3 Å². The minimum absolute atomic E-state index is 0.00104. The van der Waals surface area contributed by atoms with E-state index in [0.29, 0.717) is 43.4 Å². The summed E-state index contributed by atoms with van der Waals surface area (Å²) in [5.74, 6) is -0.411. The second-order valence-corrected chi connectivity index (χ2v) is 8.04. The van der Waals surface area contributed by atoms with Crippen LogP contribution >= 0.6 is 11.3 Å². The lowest BCUT2D eigenvalue weighted by atomic mass is 10.2. The van der Waals surface area contributed by atoms with Crippen molar-refractivity contribution in [1.82, 2.24) is 14.8 Å². The Morgan fingerprint density at radius 2 is 1.70 bits per heavy atom. The normalized spacial score (nSPS) is 14.1. The minimum Gasteiger partial charge on any atom is -0.406 e. The molecule has 1 fully saturated rings. The lowest BCUT2D eigenvalue weighted by Gasteiger charge is -2.34. The molecule has 0 aliphatic carbocycles. The Kier molecular flexibility index (Phi) is 7.74. The van der Waals surface area contributed by atoms with Gasteiger partial charge >= 0.3 is 12.4 Å². The number of hydrogen-bond donors (Lipinski definition) is 2. The molecule has 13 heteroatoms. The van der Waals surface area contributed by atoms with Crippen molar-refractivity contribution >= 4 is 40.0 Å². The van der Waals surface area contributed by atoms with Crippen LogP contribution in [0.1, 0.15) is 19.0 Å². The summed E-state index contributed by atoms with van der Waals surface area (Å²) >= 11 is 1.19. The first-order chi connectivity index (χ1) is 15.6. The number of anilines is 2. The van der Waals surface area contributed by atoms with Gasteiger partial charge in [-0.2, -0.15) is 0 Å². The van der Waals surface area contributed by atoms with E-state index in [9.17, 15) is 27.6 Å². The number of alkyl halides is 3. The van der Waals surface area contributed by atoms with Gasteiger partial charge in [0.15, 0.2) is 5.13 Å². The average Bonchev–Trinajstić information content (AvgIpc) is 3.19. The van der Waals surface area contributed by atoms with Crippen molar-refractivity contribution in [2.24, 2.45) is 0 Å². The fourth-order valence-electron chi connectivity index (χ4n) is 3.14. The molecule has 0 bridgehead atoms. The lowest BCUT2D eigenvalue weighted by Crippen LogP contribution is -2.50. The quantitative estimate of drug-likeness (QED) is 0.654. The summed E-state index contributed by atoms with van der Waals surface area (Å²) in [5, 5.41) is 7.09. The Hall–Kier alpha value is -3.35. The molecule has 9 nitrogen and oxygen atoms in total. The van der Waals surface area contributed by atoms with E-state index in [-0.39, 0.29) is 23.9 Å². The van der Waals surface area contributed by atoms with E-state index in [1.807, 2.05) is 0 Å². The summed E-state index contributed by atoms with van der Waals surface area (Å²) < 4.78 is 40.3. The number of aryl methyl sites for hydroxylation is 1. The van der Waals surface area contributed by atoms with Gasteiger partial charge in [0.2, 0.25) is 11.8 Å². The predicted molar refractivity (Wildman–Crippen MR) is 115 cm³/mol. The van der Waals surface area contributed by atoms with Crippen molar-refractivity contribution in [2.75, 3.05) is 36.8 Å². The summed E-state index contributed by atoms with van der Waals surface area (Å²) in [5.41, 5.74) is 0.925. The number of carbonyl (C=O) groups is 3. The van der Waals surface area contributed by atoms with Crippen LogP contribution in [0.3, 0.4) is 0 Å². The molecule has 1 aliphatic rings. The molecule has 1 aliphatic heterocycles. The van der Waals surface area contributed by atoms with Crippen LogP contribution in [0.15, 0.2) is 29.6 Å². The Morgan fingerprint density at radius 3 is 2.30 bits per heavy atom. The molecule has 0 atom stereocenters. The fourth-order valence-corrected chi connectivity index (χ4v) is 3.88. The fraction of sp³-hybridized carbons (Fsp3) is 0.400. The maximum Gasteiger partial charge on any atom is 0.573 e. The van der Waals surface area contributed by atoms with E-state index in [0.717, 1.165) is 12.1 Å². The van der Waals surface area contributed by atoms with E-state index in [4.69, 9.17) is 0 Å². The zero-order chi connectivity index (χ0) is 24.0. The van der Waals surface area contributed by atoms with Crippen molar-refractivity contribution in [2.45, 2.75) is 26.1 Å². The second kappa shape index (κ2) is 10.5. The lowest BCUT2D eigenvalue weighted by molar-refractivity contribution is -0.274. The summed E-state index contributed by atoms with van der Waals surface area (Å²) in [7, 11) is 0. The third kappa shape index (κ3) is 7.63. The third-order valence-corrected chi connectivity index (χ3v) is 5.60. The maximum atomic E-state index is 12.4. The molecular weight excluding hydrogens is 463 g/mol. The number of piperazine rings is 1. The van der Waals surface area contributed by atoms with Gasteiger partial charge in [0, 0.05) is 50.6 Å². The molecule has 33 heavy (non-hydrogen) atoms. The van der Waals surface area contributed by atoms with Gasteiger partial charge < -0.3 is 19.9 Å². The molecule has 178 valence electrons. The number of hydrogen-bond acceptors (Lipinski definition) is 6. The Bertz CT molecular complexity index is 988. The SMILES string of the molecule is CC(=O)N1CCN(C(=O)CCc2csc(NC(=O)Nc3ccc(OC(F)(F)F)cc3)n2)CC1. The molecule has 0 spiro atoms. The largest absolute Gasteiger partial charge is 0.573 e. The molecule has 4 amide bonds. The number of rotatable bonds is 6. The highest BCUT2D eigenvalue weighted by molar-refractivity contribution is 7.13. The summed E-state index contributed by atoms with van der Waals surface area (Å²) in [6.07, 6.45) is -4.11. The number of urea groups is 1. The molecule has 1 saturated heterocycles. The predicted octanol–water partition coefficient (Wildman–Crippen LogP) is 3.31. The summed E-state index contributed by atoms with van der Waals surface area (Å²) in [4.78, 5) is 43.6. The van der Waals surface area contributed by atoms with Gasteiger partial charge in [-0.15, -0.1) is 24.5 Å². The van der Waals surface area contributed by atoms with Gasteiger partial charge in [-0.3, -0.25) is 14.9 Å². The molecule has 0 saturated carbocycles. The van der Waals surface area contributed by atoms with Crippen molar-refractivity contribution in [3.05, 3.63) is 35.3 Å². The van der Waals surface area contributed by atoms with E-state index < -0.39 is 18.1 Å². The first kappa shape index (κ1) is 24.3. The monoisotopic (exact) mass is 485 g/mol. The molecule has 2 N–H and O–H groups in total. The number of nitrogens with one attached hydrogen (secondary N) is 2. The molecule has 0 unspecified atom stereocenters. The van der Waals surface area contributed by atoms with Crippen LogP contribution in [0.4, 0.5) is 28.8 Å². The number of aromatic nitrogens is 1. The number of thiazole rings is 1. The van der Waals surface area contributed by atoms with E-state index >= 15 is 0 Å². The number of amides is 4. The summed E-state index contributed by atoms with van der Waals surface area (Å²) in [6, 6.07) is 4.11. The molecule has 1 aromatic heterocycles. The van der Waals surface area contributed by atoms with Gasteiger partial charge in [0.25, 0.3) is 0 Å². The number of carbonyl (C=O) groups excluding carboxylic acids is 3. The molecule has 2 heterocycles. The zero-order valence-electron chi connectivity index (χ0n) is 17.6. The van der Waals surface area contributed by atoms with E-state index in [1.165, 1.54) is 30.4 Å². The highest BCUT2D eigenvalue weighted by Crippen LogP contribution is 2.24. The van der Waals surface area contributed by atoms with Crippen LogP contribution in [0, 0.1) is 0 Å². The van der Waals surface area contributed by atoms with Crippen LogP contribution in [0.25, 0.3) is 0 Å². The van der Waals surface area contributed by atoms with E-state index in [1.54, 1.807) is 15.2 Å². The third-order valence-electron chi connectivity index (χ3n) is 4.79. The first-order valence-corrected chi connectivity index (χ1v) is 10.9. The van der Waals surface area contributed by atoms with Crippen LogP contribution in [0.5, 0.6) is 5.75 Å². The molecule has 2 aromatic rings. The number of ether oxygens (including phenoxy) is 1. The first-order valence-electron chi connectivity index (χ1n) is 10.0. The van der Waals surface area contributed by atoms with Crippen LogP contribution in [-0.4, -0.2) is 65.2 Å². The van der Waals surface area contributed by atoms with Crippen molar-refractivity contribution in [1.29, 1.82) is 0 Å². The van der Waals surface area contributed by atoms with Crippen molar-refractivity contribution in [3.8, 4) is 5.75 Å². The standard InChI is InChI=1S/C20H22F3N5O4S/c1-13(29)27-8-10-28(11-9-27)17(30)7-4-15-12-33-19(25-15)26-18(31)24-14-2-5-16(6-3-14)32-20(21,22)23/h2-3,5-6,12H,4,7-11H2,1H3,(H2,24,25,26,31). The Labute approximate surface area is 191 Å². The van der Waals surface area contributed by atoms with Gasteiger partial charge in [-0.05, 0) is 30.7 Å². The van der Waals surface area contributed by atoms with Crippen LogP contribution in [-0.2, 0) is 16.0 Å². The zero-order valence-corrected chi connectivity index (χ0v) is 18.5. The average molecular weight is 485 g/mol. The van der Waals surface area contributed by atoms with E-state index in [2.05, 4.69) is 20.4 Å². The second-order valence-electron chi connectivity index (χ2n) is 7.18. The minimum atomic E-state index is -4.79. The van der Waals surface area contributed by atoms with Gasteiger partial charge in [-0.25, -0.2) is 9.78 Å². The molecule has 0 radical (unpaired) electrons. The highest BCUT2D eigenvalue weighted by Gasteiger charge is 2.31. The van der Waals surface area contributed by atoms with Gasteiger partial charge in [0.1, 0.15) is 5.75 Å². The highest BCUT2D eigenvalue weighted by atomic mass is 32.1. The number of halogens is 3. The number of nitrogens with zero attached hydrogens (tertiary/aromatic N) is 3. The van der Waals surface area contributed by atoms with Crippen LogP contribution < -0.4 is 15.4 Å². The summed E-state index contributed by atoms with van der Waals surface area (Å²) in [6.45, 7) is 3.57. The maximum absolute atomic E-state index is 12.4. The van der Waals surface area contributed by atoms with Crippen molar-refractivity contribution in [3.63, 3.8) is 0 Å². The molecular formula is C20H22F3N5O4S. The van der Waals surface area contributed by atoms with Gasteiger partial charge in [-0.1, -0.05) is 0 Å². The Balaban J connectivity index is 1.42. The van der Waals surface area contributed by atoms with Gasteiger partial charge in [0.05, 0.1) is 5.69 Å². The molecule has 3 rings (SSSR count). The molecule has 1 aromatic carbocycles. The number of benzene rings is 1. The van der Waals surface area contributed by atoms with Crippen LogP contribution in [0.2, 0.25) is 0 Å². The Morgan fingerprint density at radius 1 is 1.06 bits per heavy atom.